The van der Waals surface area contributed by atoms with Crippen molar-refractivity contribution in [2.24, 2.45) is 5.92 Å². The number of pyridine rings is 1. The van der Waals surface area contributed by atoms with E-state index in [-0.39, 0.29) is 11.8 Å². The number of amides is 1. The second kappa shape index (κ2) is 9.25. The summed E-state index contributed by atoms with van der Waals surface area (Å²) in [7, 11) is -3.24. The Balaban J connectivity index is 1.66. The molecule has 9 heteroatoms. The summed E-state index contributed by atoms with van der Waals surface area (Å²) in [5.41, 5.74) is 3.04. The zero-order valence-corrected chi connectivity index (χ0v) is 20.2. The van der Waals surface area contributed by atoms with Gasteiger partial charge in [0.05, 0.1) is 23.0 Å². The predicted molar refractivity (Wildman–Crippen MR) is 128 cm³/mol. The van der Waals surface area contributed by atoms with E-state index in [0.29, 0.717) is 43.5 Å². The fraction of sp³-hybridized carbons (Fsp3) is 0.435. The van der Waals surface area contributed by atoms with Crippen molar-refractivity contribution in [2.75, 3.05) is 24.2 Å². The predicted octanol–water partition coefficient (Wildman–Crippen LogP) is 4.02. The van der Waals surface area contributed by atoms with Crippen LogP contribution in [0.5, 0.6) is 0 Å². The Morgan fingerprint density at radius 2 is 1.97 bits per heavy atom. The third kappa shape index (κ3) is 4.84. The van der Waals surface area contributed by atoms with Gasteiger partial charge in [-0.25, -0.2) is 17.7 Å². The van der Waals surface area contributed by atoms with Gasteiger partial charge in [-0.05, 0) is 42.0 Å². The monoisotopic (exact) mass is 472 g/mol. The fourth-order valence-electron chi connectivity index (χ4n) is 4.11. The number of para-hydroxylation sites is 1. The third-order valence-corrected chi connectivity index (χ3v) is 8.24. The number of thiazole rings is 1. The molecule has 1 aliphatic heterocycles. The van der Waals surface area contributed by atoms with Crippen molar-refractivity contribution in [1.82, 2.24) is 14.3 Å². The zero-order valence-electron chi connectivity index (χ0n) is 18.6. The van der Waals surface area contributed by atoms with E-state index >= 15 is 0 Å². The summed E-state index contributed by atoms with van der Waals surface area (Å²) in [6.07, 6.45) is 5.72. The number of anilines is 1. The van der Waals surface area contributed by atoms with Crippen molar-refractivity contribution in [3.63, 3.8) is 0 Å². The van der Waals surface area contributed by atoms with Gasteiger partial charge >= 0.3 is 0 Å². The molecule has 0 atom stereocenters. The molecule has 4 rings (SSSR count). The van der Waals surface area contributed by atoms with Crippen LogP contribution in [0.25, 0.3) is 10.2 Å². The van der Waals surface area contributed by atoms with Crippen LogP contribution in [-0.2, 0) is 21.4 Å². The summed E-state index contributed by atoms with van der Waals surface area (Å²) in [6.45, 7) is 5.40. The first kappa shape index (κ1) is 22.8. The van der Waals surface area contributed by atoms with Gasteiger partial charge in [0.15, 0.2) is 5.13 Å². The zero-order chi connectivity index (χ0) is 22.9. The molecule has 1 amide bonds. The maximum absolute atomic E-state index is 13.7. The summed E-state index contributed by atoms with van der Waals surface area (Å²) < 4.78 is 26.2. The van der Waals surface area contributed by atoms with Crippen LogP contribution in [0.3, 0.4) is 0 Å². The van der Waals surface area contributed by atoms with E-state index in [9.17, 15) is 13.2 Å². The lowest BCUT2D eigenvalue weighted by Crippen LogP contribution is -2.44. The van der Waals surface area contributed by atoms with Crippen LogP contribution in [0, 0.1) is 5.92 Å². The summed E-state index contributed by atoms with van der Waals surface area (Å²) in [5, 5.41) is 0.674. The topological polar surface area (TPSA) is 83.5 Å². The number of piperidine rings is 1. The molecule has 0 saturated carbocycles. The fourth-order valence-corrected chi connectivity index (χ4v) is 5.99. The molecule has 0 bridgehead atoms. The average Bonchev–Trinajstić information content (AvgIpc) is 3.21. The highest BCUT2D eigenvalue weighted by molar-refractivity contribution is 7.88. The molecule has 3 heterocycles. The lowest BCUT2D eigenvalue weighted by molar-refractivity contribution is -0.123. The minimum Gasteiger partial charge on any atom is -0.283 e. The van der Waals surface area contributed by atoms with Gasteiger partial charge < -0.3 is 0 Å². The highest BCUT2D eigenvalue weighted by Gasteiger charge is 2.33. The van der Waals surface area contributed by atoms with Crippen molar-refractivity contribution in [2.45, 2.75) is 39.2 Å². The largest absolute Gasteiger partial charge is 0.283 e. The van der Waals surface area contributed by atoms with Crippen molar-refractivity contribution in [3.05, 3.63) is 53.9 Å². The Hall–Kier alpha value is -2.36. The molecule has 32 heavy (non-hydrogen) atoms. The summed E-state index contributed by atoms with van der Waals surface area (Å²) in [4.78, 5) is 24.5. The maximum Gasteiger partial charge on any atom is 0.232 e. The van der Waals surface area contributed by atoms with Crippen molar-refractivity contribution >= 4 is 42.6 Å². The first-order valence-electron chi connectivity index (χ1n) is 10.8. The normalized spacial score (nSPS) is 16.0. The van der Waals surface area contributed by atoms with Crippen LogP contribution in [0.15, 0.2) is 42.7 Å². The Labute approximate surface area is 193 Å². The molecule has 1 fully saturated rings. The number of rotatable bonds is 6. The lowest BCUT2D eigenvalue weighted by atomic mass is 9.96. The van der Waals surface area contributed by atoms with Crippen molar-refractivity contribution < 1.29 is 13.2 Å². The molecule has 1 aromatic carbocycles. The Morgan fingerprint density at radius 3 is 2.59 bits per heavy atom. The van der Waals surface area contributed by atoms with Crippen LogP contribution in [0.4, 0.5) is 5.13 Å². The highest BCUT2D eigenvalue weighted by atomic mass is 32.2. The average molecular weight is 473 g/mol. The molecule has 2 aromatic heterocycles. The second-order valence-corrected chi connectivity index (χ2v) is 11.6. The lowest BCUT2D eigenvalue weighted by Gasteiger charge is -2.32. The van der Waals surface area contributed by atoms with Gasteiger partial charge in [-0.3, -0.25) is 14.7 Å². The van der Waals surface area contributed by atoms with Gasteiger partial charge in [0, 0.05) is 31.4 Å². The van der Waals surface area contributed by atoms with Gasteiger partial charge in [-0.15, -0.1) is 0 Å². The number of benzene rings is 1. The van der Waals surface area contributed by atoms with E-state index in [1.165, 1.54) is 27.5 Å². The second-order valence-electron chi connectivity index (χ2n) is 8.57. The summed E-state index contributed by atoms with van der Waals surface area (Å²) >= 11 is 1.52. The molecule has 3 aromatic rings. The van der Waals surface area contributed by atoms with E-state index in [4.69, 9.17) is 4.98 Å². The van der Waals surface area contributed by atoms with E-state index in [2.05, 4.69) is 24.9 Å². The number of hydrogen-bond donors (Lipinski definition) is 0. The number of fused-ring (bicyclic) bond motifs is 1. The highest BCUT2D eigenvalue weighted by Crippen LogP contribution is 2.35. The molecule has 0 radical (unpaired) electrons. The number of carbonyl (C=O) groups is 1. The van der Waals surface area contributed by atoms with Crippen LogP contribution >= 0.6 is 11.3 Å². The van der Waals surface area contributed by atoms with Crippen LogP contribution in [0.2, 0.25) is 0 Å². The van der Waals surface area contributed by atoms with Crippen LogP contribution in [-0.4, -0.2) is 47.9 Å². The van der Waals surface area contributed by atoms with Gasteiger partial charge in [0.2, 0.25) is 15.9 Å². The summed E-state index contributed by atoms with van der Waals surface area (Å²) in [6, 6.07) is 9.97. The Morgan fingerprint density at radius 1 is 1.22 bits per heavy atom. The molecule has 7 nitrogen and oxygen atoms in total. The van der Waals surface area contributed by atoms with Crippen molar-refractivity contribution in [1.29, 1.82) is 0 Å². The molecule has 1 saturated heterocycles. The molecule has 0 aliphatic carbocycles. The van der Waals surface area contributed by atoms with E-state index in [1.807, 2.05) is 24.3 Å². The molecule has 0 N–H and O–H groups in total. The molecule has 170 valence electrons. The SMILES string of the molecule is CC(C)c1cccc2sc(N(Cc3cccnc3)C(=O)C3CCN(S(C)(=O)=O)CC3)nc12. The molecular formula is C23H28N4O3S2. The number of sulfonamides is 1. The van der Waals surface area contributed by atoms with Gasteiger partial charge in [0.1, 0.15) is 0 Å². The van der Waals surface area contributed by atoms with Gasteiger partial charge in [-0.2, -0.15) is 0 Å². The quantitative estimate of drug-likeness (QED) is 0.541. The van der Waals surface area contributed by atoms with Crippen molar-refractivity contribution in [3.8, 4) is 0 Å². The molecule has 0 unspecified atom stereocenters. The first-order valence-corrected chi connectivity index (χ1v) is 13.5. The van der Waals surface area contributed by atoms with Gasteiger partial charge in [0.25, 0.3) is 0 Å². The minimum atomic E-state index is -3.24. The van der Waals surface area contributed by atoms with Gasteiger partial charge in [-0.1, -0.05) is 43.4 Å². The smallest absolute Gasteiger partial charge is 0.232 e. The Kier molecular flexibility index (Phi) is 6.60. The maximum atomic E-state index is 13.7. The standard InChI is InChI=1S/C23H28N4O3S2/c1-16(2)19-7-4-8-20-21(19)25-23(31-20)27(15-17-6-5-11-24-14-17)22(28)18-9-12-26(13-10-18)32(3,29)30/h4-8,11,14,16,18H,9-10,12-13,15H2,1-3H3. The molecule has 1 aliphatic rings. The Bertz CT molecular complexity index is 1200. The number of carbonyl (C=O) groups excluding carboxylic acids is 1. The molecular weight excluding hydrogens is 444 g/mol. The number of nitrogens with zero attached hydrogens (tertiary/aromatic N) is 4. The third-order valence-electron chi connectivity index (χ3n) is 5.89. The van der Waals surface area contributed by atoms with Crippen LogP contribution < -0.4 is 4.90 Å². The number of aromatic nitrogens is 2. The minimum absolute atomic E-state index is 0.00726. The summed E-state index contributed by atoms with van der Waals surface area (Å²) in [5.74, 6) is 0.0878. The van der Waals surface area contributed by atoms with E-state index < -0.39 is 10.0 Å². The first-order chi connectivity index (χ1) is 15.2. The van der Waals surface area contributed by atoms with Crippen LogP contribution in [0.1, 0.15) is 43.7 Å². The molecule has 0 spiro atoms. The van der Waals surface area contributed by atoms with E-state index in [1.54, 1.807) is 17.3 Å². The van der Waals surface area contributed by atoms with E-state index in [0.717, 1.165) is 15.8 Å². The number of hydrogen-bond acceptors (Lipinski definition) is 6.